The van der Waals surface area contributed by atoms with Crippen molar-refractivity contribution in [1.29, 1.82) is 0 Å². The summed E-state index contributed by atoms with van der Waals surface area (Å²) >= 11 is 0. The molecule has 0 radical (unpaired) electrons. The van der Waals surface area contributed by atoms with Crippen molar-refractivity contribution in [3.05, 3.63) is 36.7 Å². The number of aromatic nitrogens is 4. The molecule has 2 aromatic heterocycles. The number of nitrogens with zero attached hydrogens (tertiary/aromatic N) is 4. The number of nitrogen functional groups attached to an aromatic ring is 1. The van der Waals surface area contributed by atoms with Crippen LogP contribution in [0.15, 0.2) is 36.7 Å². The lowest BCUT2D eigenvalue weighted by Gasteiger charge is -2.28. The van der Waals surface area contributed by atoms with E-state index in [1.165, 1.54) is 19.1 Å². The highest BCUT2D eigenvalue weighted by Gasteiger charge is 2.65. The Kier molecular flexibility index (Phi) is 8.28. The van der Waals surface area contributed by atoms with E-state index in [9.17, 15) is 14.5 Å². The minimum atomic E-state index is -4.54. The number of esters is 1. The van der Waals surface area contributed by atoms with Crippen LogP contribution in [0.2, 0.25) is 0 Å². The Morgan fingerprint density at radius 2 is 2.02 bits per heavy atom. The van der Waals surface area contributed by atoms with Gasteiger partial charge in [0.05, 0.1) is 12.9 Å². The molecular formula is C23H30F2N7O7P. The van der Waals surface area contributed by atoms with Crippen LogP contribution in [0.5, 0.6) is 5.75 Å². The maximum Gasteiger partial charge on any atom is 0.459 e. The number of nitrogens with two attached hydrogens (primary N) is 1. The Bertz CT molecular complexity index is 1410. The van der Waals surface area contributed by atoms with Crippen molar-refractivity contribution in [3.8, 4) is 5.75 Å². The van der Waals surface area contributed by atoms with Crippen molar-refractivity contribution >= 4 is 36.6 Å². The molecule has 1 aliphatic rings. The van der Waals surface area contributed by atoms with E-state index in [2.05, 4.69) is 25.4 Å². The molecule has 0 unspecified atom stereocenters. The van der Waals surface area contributed by atoms with Gasteiger partial charge >= 0.3 is 13.7 Å². The fraction of sp³-hybridized carbons (Fsp3) is 0.478. The standard InChI is InChI=1S/C23H30F2N7O7P/c1-5-36-18(33)13(2)31-40(35,39-14-9-7-6-8-10-14)37-11-23(25)19(34)22(3,24)20(38-23)32-12-28-15-16(27-4)29-21(26)30-17(15)32/h6-10,12-13,19-20,34H,5,11H2,1-4H3,(H,31,35)(H3,26,27,29,30)/t13-,19-,20+,22+,23+,40-/m0/s1. The summed E-state index contributed by atoms with van der Waals surface area (Å²) < 4.78 is 67.8. The summed E-state index contributed by atoms with van der Waals surface area (Å²) in [6.45, 7) is 2.62. The number of halogens is 2. The Morgan fingerprint density at radius 3 is 2.67 bits per heavy atom. The van der Waals surface area contributed by atoms with Crippen LogP contribution in [0.4, 0.5) is 20.5 Å². The number of aliphatic hydroxyl groups excluding tert-OH is 1. The van der Waals surface area contributed by atoms with Crippen LogP contribution in [-0.4, -0.2) is 74.5 Å². The Balaban J connectivity index is 1.61. The van der Waals surface area contributed by atoms with Crippen molar-refractivity contribution in [3.63, 3.8) is 0 Å². The molecule has 0 amide bonds. The van der Waals surface area contributed by atoms with Gasteiger partial charge in [-0.2, -0.15) is 15.1 Å². The molecule has 6 atom stereocenters. The number of nitrogens with one attached hydrogen (secondary N) is 2. The number of aliphatic hydroxyl groups is 1. The first-order chi connectivity index (χ1) is 18.8. The molecule has 3 heterocycles. The Morgan fingerprint density at radius 1 is 1.32 bits per heavy atom. The number of imidazole rings is 1. The third-order valence-corrected chi connectivity index (χ3v) is 7.68. The van der Waals surface area contributed by atoms with Crippen molar-refractivity contribution in [2.75, 3.05) is 31.3 Å². The van der Waals surface area contributed by atoms with Crippen LogP contribution >= 0.6 is 7.75 Å². The minimum Gasteiger partial charge on any atom is -0.465 e. The highest BCUT2D eigenvalue weighted by molar-refractivity contribution is 7.52. The maximum absolute atomic E-state index is 16.1. The first kappa shape index (κ1) is 29.6. The van der Waals surface area contributed by atoms with E-state index in [-0.39, 0.29) is 35.3 Å². The van der Waals surface area contributed by atoms with Crippen molar-refractivity contribution < 1.29 is 41.8 Å². The summed E-state index contributed by atoms with van der Waals surface area (Å²) in [4.78, 5) is 24.3. The number of rotatable bonds is 11. The molecule has 1 aromatic carbocycles. The van der Waals surface area contributed by atoms with Crippen molar-refractivity contribution in [2.24, 2.45) is 0 Å². The molecule has 3 aromatic rings. The average Bonchev–Trinajstić information content (AvgIpc) is 3.40. The third-order valence-electron chi connectivity index (χ3n) is 6.05. The number of alkyl halides is 2. The van der Waals surface area contributed by atoms with Crippen molar-refractivity contribution in [1.82, 2.24) is 24.6 Å². The molecule has 5 N–H and O–H groups in total. The lowest BCUT2D eigenvalue weighted by atomic mass is 9.97. The van der Waals surface area contributed by atoms with Gasteiger partial charge in [-0.3, -0.25) is 13.9 Å². The summed E-state index contributed by atoms with van der Waals surface area (Å²) in [6.07, 6.45) is -3.10. The molecule has 1 saturated heterocycles. The van der Waals surface area contributed by atoms with Gasteiger partial charge in [-0.05, 0) is 32.9 Å². The number of carbonyl (C=O) groups excluding carboxylic acids is 1. The number of fused-ring (bicyclic) bond motifs is 1. The number of carbonyl (C=O) groups is 1. The number of benzene rings is 1. The molecule has 1 aliphatic heterocycles. The molecule has 218 valence electrons. The van der Waals surface area contributed by atoms with E-state index >= 15 is 8.78 Å². The maximum atomic E-state index is 16.1. The molecule has 14 nitrogen and oxygen atoms in total. The molecule has 4 rings (SSSR count). The minimum absolute atomic E-state index is 0.00565. The van der Waals surface area contributed by atoms with Crippen LogP contribution in [0, 0.1) is 0 Å². The highest BCUT2D eigenvalue weighted by atomic mass is 31.2. The molecule has 0 spiro atoms. The zero-order valence-corrected chi connectivity index (χ0v) is 23.0. The van der Waals surface area contributed by atoms with Crippen molar-refractivity contribution in [2.45, 2.75) is 50.7 Å². The van der Waals surface area contributed by atoms with Gasteiger partial charge in [-0.1, -0.05) is 18.2 Å². The number of para-hydroxylation sites is 1. The third kappa shape index (κ3) is 5.71. The van der Waals surface area contributed by atoms with Crippen LogP contribution in [-0.2, 0) is 23.4 Å². The molecule has 0 aliphatic carbocycles. The van der Waals surface area contributed by atoms with Gasteiger partial charge in [0.1, 0.15) is 18.4 Å². The Labute approximate surface area is 227 Å². The number of hydrogen-bond donors (Lipinski definition) is 4. The normalized spacial score (nSPS) is 26.8. The lowest BCUT2D eigenvalue weighted by Crippen LogP contribution is -2.47. The largest absolute Gasteiger partial charge is 0.465 e. The second-order valence-electron chi connectivity index (χ2n) is 9.09. The first-order valence-electron chi connectivity index (χ1n) is 12.2. The van der Waals surface area contributed by atoms with E-state index in [1.54, 1.807) is 32.2 Å². The fourth-order valence-electron chi connectivity index (χ4n) is 4.08. The van der Waals surface area contributed by atoms with E-state index < -0.39 is 50.2 Å². The topological polar surface area (TPSA) is 185 Å². The molecule has 0 saturated carbocycles. The number of ether oxygens (including phenoxy) is 2. The van der Waals surface area contributed by atoms with Gasteiger partial charge in [-0.15, -0.1) is 0 Å². The second-order valence-corrected chi connectivity index (χ2v) is 10.8. The van der Waals surface area contributed by atoms with Gasteiger partial charge in [0.25, 0.3) is 5.85 Å². The van der Waals surface area contributed by atoms with Gasteiger partial charge < -0.3 is 30.2 Å². The van der Waals surface area contributed by atoms with Crippen LogP contribution < -0.4 is 20.7 Å². The van der Waals surface area contributed by atoms with Crippen LogP contribution in [0.1, 0.15) is 27.0 Å². The van der Waals surface area contributed by atoms with E-state index in [0.717, 1.165) is 17.8 Å². The second kappa shape index (κ2) is 11.2. The monoisotopic (exact) mass is 585 g/mol. The predicted octanol–water partition coefficient (Wildman–Crippen LogP) is 2.48. The summed E-state index contributed by atoms with van der Waals surface area (Å²) in [7, 11) is -2.98. The zero-order valence-electron chi connectivity index (χ0n) is 22.1. The van der Waals surface area contributed by atoms with Gasteiger partial charge in [0.15, 0.2) is 35.0 Å². The summed E-state index contributed by atoms with van der Waals surface area (Å²) in [5, 5.41) is 15.9. The molecular weight excluding hydrogens is 555 g/mol. The first-order valence-corrected chi connectivity index (χ1v) is 13.7. The smallest absolute Gasteiger partial charge is 0.459 e. The van der Waals surface area contributed by atoms with Crippen LogP contribution in [0.3, 0.4) is 0 Å². The summed E-state index contributed by atoms with van der Waals surface area (Å²) in [5.41, 5.74) is 3.18. The van der Waals surface area contributed by atoms with Gasteiger partial charge in [0, 0.05) is 7.05 Å². The average molecular weight is 586 g/mol. The molecule has 0 bridgehead atoms. The van der Waals surface area contributed by atoms with Gasteiger partial charge in [-0.25, -0.2) is 18.3 Å². The molecule has 40 heavy (non-hydrogen) atoms. The molecule has 1 fully saturated rings. The lowest BCUT2D eigenvalue weighted by molar-refractivity contribution is -0.202. The Hall–Kier alpha value is -3.43. The summed E-state index contributed by atoms with van der Waals surface area (Å²) in [5.74, 6) is -3.89. The van der Waals surface area contributed by atoms with Crippen LogP contribution in [0.25, 0.3) is 11.2 Å². The summed E-state index contributed by atoms with van der Waals surface area (Å²) in [6, 6.07) is 6.53. The van der Waals surface area contributed by atoms with Gasteiger partial charge in [0.2, 0.25) is 5.95 Å². The van der Waals surface area contributed by atoms with E-state index in [4.69, 9.17) is 24.3 Å². The fourth-order valence-corrected chi connectivity index (χ4v) is 5.59. The number of hydrogen-bond acceptors (Lipinski definition) is 12. The van der Waals surface area contributed by atoms with E-state index in [1.807, 2.05) is 0 Å². The zero-order chi connectivity index (χ0) is 29.3. The number of anilines is 2. The quantitative estimate of drug-likeness (QED) is 0.190. The van der Waals surface area contributed by atoms with E-state index in [0.29, 0.717) is 0 Å². The SMILES string of the molecule is CCOC(=O)[C@H](C)N[P@](=O)(OC[C@@]1(F)O[C@@H](n2cnc3c(NC)nc(N)nc32)[C@](C)(F)[C@@H]1O)Oc1ccccc1. The predicted molar refractivity (Wildman–Crippen MR) is 139 cm³/mol. The highest BCUT2D eigenvalue weighted by Crippen LogP contribution is 2.52. The molecule has 17 heteroatoms.